The lowest BCUT2D eigenvalue weighted by atomic mass is 9.97. The number of hydrogen-bond donors (Lipinski definition) is 1. The molecular weight excluding hydrogens is 450 g/mol. The molecule has 172 valence electrons. The fourth-order valence-electron chi connectivity index (χ4n) is 3.65. The van der Waals surface area contributed by atoms with E-state index in [4.69, 9.17) is 4.74 Å². The number of hydrogen-bond acceptors (Lipinski definition) is 4. The first-order valence-corrected chi connectivity index (χ1v) is 11.9. The highest BCUT2D eigenvalue weighted by atomic mass is 32.2. The van der Waals surface area contributed by atoms with Gasteiger partial charge in [-0.1, -0.05) is 18.2 Å². The molecule has 4 rings (SSSR count). The maximum atomic E-state index is 14.0. The lowest BCUT2D eigenvalue weighted by Gasteiger charge is -2.30. The van der Waals surface area contributed by atoms with E-state index in [0.717, 1.165) is 16.4 Å². The first-order chi connectivity index (χ1) is 15.8. The minimum absolute atomic E-state index is 0.0419. The maximum Gasteiger partial charge on any atom is 0.246 e. The Labute approximate surface area is 190 Å². The first kappa shape index (κ1) is 22.9. The van der Waals surface area contributed by atoms with Crippen LogP contribution < -0.4 is 10.1 Å². The van der Waals surface area contributed by atoms with E-state index in [-0.39, 0.29) is 31.8 Å². The number of piperidine rings is 1. The summed E-state index contributed by atoms with van der Waals surface area (Å²) in [6.07, 6.45) is 0.550. The number of halogens is 2. The van der Waals surface area contributed by atoms with Gasteiger partial charge >= 0.3 is 0 Å². The van der Waals surface area contributed by atoms with Gasteiger partial charge < -0.3 is 10.1 Å². The third-order valence-electron chi connectivity index (χ3n) is 5.44. The third kappa shape index (κ3) is 5.37. The van der Waals surface area contributed by atoms with E-state index in [2.05, 4.69) is 5.32 Å². The molecule has 1 aliphatic rings. The number of ether oxygens (including phenoxy) is 1. The Morgan fingerprint density at radius 3 is 2.21 bits per heavy atom. The van der Waals surface area contributed by atoms with Crippen LogP contribution in [-0.4, -0.2) is 31.7 Å². The van der Waals surface area contributed by atoms with Crippen LogP contribution in [-0.2, 0) is 14.8 Å². The zero-order valence-electron chi connectivity index (χ0n) is 17.6. The molecule has 1 N–H and O–H groups in total. The molecule has 3 aromatic rings. The van der Waals surface area contributed by atoms with Crippen molar-refractivity contribution >= 4 is 21.6 Å². The normalized spacial score (nSPS) is 15.2. The summed E-state index contributed by atoms with van der Waals surface area (Å²) in [5.41, 5.74) is 0.595. The van der Waals surface area contributed by atoms with Gasteiger partial charge in [-0.15, -0.1) is 0 Å². The minimum Gasteiger partial charge on any atom is -0.457 e. The summed E-state index contributed by atoms with van der Waals surface area (Å²) in [5.74, 6) is -1.12. The number of para-hydroxylation sites is 1. The number of carbonyl (C=O) groups is 1. The van der Waals surface area contributed by atoms with Gasteiger partial charge in [0.15, 0.2) is 0 Å². The molecule has 0 aliphatic carbocycles. The van der Waals surface area contributed by atoms with Gasteiger partial charge in [0.05, 0.1) is 0 Å². The van der Waals surface area contributed by atoms with E-state index >= 15 is 0 Å². The molecule has 9 heteroatoms. The Bertz CT molecular complexity index is 1230. The molecule has 0 atom stereocenters. The summed E-state index contributed by atoms with van der Waals surface area (Å²) >= 11 is 0. The van der Waals surface area contributed by atoms with Crippen molar-refractivity contribution in [2.45, 2.75) is 17.7 Å². The molecule has 0 aromatic heterocycles. The van der Waals surface area contributed by atoms with E-state index in [1.54, 1.807) is 24.3 Å². The highest BCUT2D eigenvalue weighted by Gasteiger charge is 2.33. The average Bonchev–Trinajstić information content (AvgIpc) is 2.82. The Morgan fingerprint density at radius 1 is 0.909 bits per heavy atom. The van der Waals surface area contributed by atoms with Crippen LogP contribution in [0.25, 0.3) is 0 Å². The highest BCUT2D eigenvalue weighted by Crippen LogP contribution is 2.27. The van der Waals surface area contributed by atoms with Crippen molar-refractivity contribution in [3.05, 3.63) is 84.4 Å². The van der Waals surface area contributed by atoms with Crippen molar-refractivity contribution in [2.24, 2.45) is 5.92 Å². The van der Waals surface area contributed by atoms with Gasteiger partial charge in [-0.2, -0.15) is 4.31 Å². The van der Waals surface area contributed by atoms with E-state index in [0.29, 0.717) is 23.3 Å². The zero-order chi connectivity index (χ0) is 23.4. The quantitative estimate of drug-likeness (QED) is 0.559. The van der Waals surface area contributed by atoms with Crippen LogP contribution in [0.1, 0.15) is 12.8 Å². The zero-order valence-corrected chi connectivity index (χ0v) is 18.4. The van der Waals surface area contributed by atoms with Crippen LogP contribution in [0.5, 0.6) is 11.5 Å². The van der Waals surface area contributed by atoms with Gasteiger partial charge in [-0.3, -0.25) is 4.79 Å². The molecule has 0 spiro atoms. The van der Waals surface area contributed by atoms with Crippen LogP contribution in [0.3, 0.4) is 0 Å². The number of nitrogens with one attached hydrogen (secondary N) is 1. The number of benzene rings is 3. The fourth-order valence-corrected chi connectivity index (χ4v) is 5.19. The summed E-state index contributed by atoms with van der Waals surface area (Å²) in [7, 11) is -4.18. The van der Waals surface area contributed by atoms with Crippen molar-refractivity contribution in [1.82, 2.24) is 4.31 Å². The van der Waals surface area contributed by atoms with Gasteiger partial charge in [-0.25, -0.2) is 17.2 Å². The molecule has 1 heterocycles. The van der Waals surface area contributed by atoms with Crippen LogP contribution in [0.2, 0.25) is 0 Å². The van der Waals surface area contributed by atoms with E-state index < -0.39 is 32.5 Å². The van der Waals surface area contributed by atoms with Crippen LogP contribution in [0, 0.1) is 17.6 Å². The predicted molar refractivity (Wildman–Crippen MR) is 119 cm³/mol. The van der Waals surface area contributed by atoms with Gasteiger partial charge in [-0.05, 0) is 67.4 Å². The lowest BCUT2D eigenvalue weighted by Crippen LogP contribution is -2.41. The van der Waals surface area contributed by atoms with E-state index in [1.165, 1.54) is 0 Å². The Balaban J connectivity index is 1.33. The smallest absolute Gasteiger partial charge is 0.246 e. The number of anilines is 1. The maximum absolute atomic E-state index is 14.0. The predicted octanol–water partition coefficient (Wildman–Crippen LogP) is 4.80. The molecule has 1 amide bonds. The summed E-state index contributed by atoms with van der Waals surface area (Å²) < 4.78 is 59.6. The molecule has 1 aliphatic heterocycles. The molecule has 0 bridgehead atoms. The summed E-state index contributed by atoms with van der Waals surface area (Å²) in [6, 6.07) is 18.6. The van der Waals surface area contributed by atoms with Crippen LogP contribution >= 0.6 is 0 Å². The molecule has 0 saturated carbocycles. The second kappa shape index (κ2) is 9.68. The fraction of sp³-hybridized carbons (Fsp3) is 0.208. The standard InChI is InChI=1S/C24H22F2N2O4S/c25-18-6-11-22(26)23(16-18)33(30,31)28-14-12-17(13-15-28)24(29)27-19-7-9-21(10-8-19)32-20-4-2-1-3-5-20/h1-11,16-17H,12-15H2,(H,27,29). The Hall–Kier alpha value is -3.30. The van der Waals surface area contributed by atoms with Crippen LogP contribution in [0.15, 0.2) is 77.7 Å². The second-order valence-corrected chi connectivity index (χ2v) is 9.59. The number of amides is 1. The number of nitrogens with zero attached hydrogens (tertiary/aromatic N) is 1. The Kier molecular flexibility index (Phi) is 6.71. The second-order valence-electron chi connectivity index (χ2n) is 7.68. The molecule has 0 radical (unpaired) electrons. The molecule has 0 unspecified atom stereocenters. The van der Waals surface area contributed by atoms with Gasteiger partial charge in [0.1, 0.15) is 28.0 Å². The van der Waals surface area contributed by atoms with Gasteiger partial charge in [0.2, 0.25) is 15.9 Å². The number of sulfonamides is 1. The van der Waals surface area contributed by atoms with Crippen molar-refractivity contribution in [2.75, 3.05) is 18.4 Å². The SMILES string of the molecule is O=C(Nc1ccc(Oc2ccccc2)cc1)C1CCN(S(=O)(=O)c2cc(F)ccc2F)CC1. The van der Waals surface area contributed by atoms with Gasteiger partial charge in [0.25, 0.3) is 0 Å². The first-order valence-electron chi connectivity index (χ1n) is 10.4. The van der Waals surface area contributed by atoms with Crippen molar-refractivity contribution in [3.8, 4) is 11.5 Å². The van der Waals surface area contributed by atoms with Crippen molar-refractivity contribution in [3.63, 3.8) is 0 Å². The topological polar surface area (TPSA) is 75.7 Å². The molecule has 1 saturated heterocycles. The van der Waals surface area contributed by atoms with Crippen molar-refractivity contribution in [1.29, 1.82) is 0 Å². The molecule has 6 nitrogen and oxygen atoms in total. The largest absolute Gasteiger partial charge is 0.457 e. The summed E-state index contributed by atoms with van der Waals surface area (Å²) in [6.45, 7) is 0.0838. The minimum atomic E-state index is -4.18. The molecular formula is C24H22F2N2O4S. The summed E-state index contributed by atoms with van der Waals surface area (Å²) in [5, 5.41) is 2.83. The third-order valence-corrected chi connectivity index (χ3v) is 7.35. The number of carbonyl (C=O) groups excluding carboxylic acids is 1. The molecule has 33 heavy (non-hydrogen) atoms. The van der Waals surface area contributed by atoms with Crippen molar-refractivity contribution < 1.29 is 26.7 Å². The van der Waals surface area contributed by atoms with Crippen LogP contribution in [0.4, 0.5) is 14.5 Å². The number of rotatable bonds is 6. The van der Waals surface area contributed by atoms with E-state index in [9.17, 15) is 22.0 Å². The van der Waals surface area contributed by atoms with Gasteiger partial charge in [0, 0.05) is 24.7 Å². The molecule has 3 aromatic carbocycles. The monoisotopic (exact) mass is 472 g/mol. The lowest BCUT2D eigenvalue weighted by molar-refractivity contribution is -0.120. The average molecular weight is 473 g/mol. The highest BCUT2D eigenvalue weighted by molar-refractivity contribution is 7.89. The van der Waals surface area contributed by atoms with E-state index in [1.807, 2.05) is 30.3 Å². The Morgan fingerprint density at radius 2 is 1.55 bits per heavy atom. The summed E-state index contributed by atoms with van der Waals surface area (Å²) in [4.78, 5) is 12.0. The molecule has 1 fully saturated rings.